The van der Waals surface area contributed by atoms with Crippen molar-refractivity contribution in [2.75, 3.05) is 6.61 Å². The monoisotopic (exact) mass is 428 g/mol. The molecule has 0 saturated carbocycles. The fourth-order valence-electron chi connectivity index (χ4n) is 3.00. The Kier molecular flexibility index (Phi) is 5.65. The number of aromatic nitrogens is 1. The van der Waals surface area contributed by atoms with Crippen LogP contribution < -0.4 is 15.5 Å². The smallest absolute Gasteiger partial charge is 0.257 e. The van der Waals surface area contributed by atoms with Crippen LogP contribution >= 0.6 is 15.9 Å². The Morgan fingerprint density at radius 1 is 1.22 bits per heavy atom. The number of ether oxygens (including phenoxy) is 1. The molecule has 1 amide bonds. The van der Waals surface area contributed by atoms with Crippen LogP contribution in [0.3, 0.4) is 0 Å². The third-order valence-electron chi connectivity index (χ3n) is 4.43. The predicted molar refractivity (Wildman–Crippen MR) is 110 cm³/mol. The number of nitrogens with one attached hydrogen (secondary N) is 1. The zero-order valence-electron chi connectivity index (χ0n) is 15.5. The Bertz CT molecular complexity index is 1040. The number of hydrogen-bond acceptors (Lipinski definition) is 3. The van der Waals surface area contributed by atoms with Gasteiger partial charge in [-0.05, 0) is 49.7 Å². The molecule has 140 valence electrons. The van der Waals surface area contributed by atoms with Gasteiger partial charge in [-0.2, -0.15) is 0 Å². The molecule has 0 radical (unpaired) electrons. The number of benzene rings is 2. The number of amides is 1. The van der Waals surface area contributed by atoms with Crippen LogP contribution in [0.25, 0.3) is 10.9 Å². The first kappa shape index (κ1) is 19.2. The van der Waals surface area contributed by atoms with Gasteiger partial charge in [-0.15, -0.1) is 0 Å². The van der Waals surface area contributed by atoms with Crippen molar-refractivity contribution in [3.05, 3.63) is 74.5 Å². The number of aryl methyl sites for hydroxylation is 1. The van der Waals surface area contributed by atoms with E-state index in [1.54, 1.807) is 16.8 Å². The van der Waals surface area contributed by atoms with Crippen LogP contribution in [-0.4, -0.2) is 17.1 Å². The molecular formula is C21H21BrN2O3. The van der Waals surface area contributed by atoms with Crippen molar-refractivity contribution in [2.24, 2.45) is 7.05 Å². The fourth-order valence-corrected chi connectivity index (χ4v) is 3.26. The van der Waals surface area contributed by atoms with E-state index < -0.39 is 5.91 Å². The predicted octanol–water partition coefficient (Wildman–Crippen LogP) is 4.19. The second kappa shape index (κ2) is 7.96. The van der Waals surface area contributed by atoms with E-state index in [9.17, 15) is 9.59 Å². The Balaban J connectivity index is 1.95. The Labute approximate surface area is 166 Å². The topological polar surface area (TPSA) is 60.3 Å². The molecule has 27 heavy (non-hydrogen) atoms. The number of hydrogen-bond donors (Lipinski definition) is 1. The summed E-state index contributed by atoms with van der Waals surface area (Å²) in [6, 6.07) is 12.8. The second-order valence-corrected chi connectivity index (χ2v) is 7.26. The van der Waals surface area contributed by atoms with Crippen molar-refractivity contribution >= 4 is 32.7 Å². The van der Waals surface area contributed by atoms with Gasteiger partial charge in [0.15, 0.2) is 0 Å². The number of rotatable bonds is 5. The molecule has 0 spiro atoms. The Morgan fingerprint density at radius 3 is 2.59 bits per heavy atom. The number of pyridine rings is 1. The standard InChI is InChI=1S/C21H21BrN2O3/c1-4-27-16-9-10-19-17(11-16)20(25)18(12-24(19)3)21(26)23-13(2)14-5-7-15(22)8-6-14/h5-13H,4H2,1-3H3,(H,23,26)/t13-/m0/s1. The lowest BCUT2D eigenvalue weighted by atomic mass is 10.1. The number of fused-ring (bicyclic) bond motifs is 1. The quantitative estimate of drug-likeness (QED) is 0.662. The third kappa shape index (κ3) is 4.06. The summed E-state index contributed by atoms with van der Waals surface area (Å²) in [6.07, 6.45) is 1.58. The Hall–Kier alpha value is -2.60. The van der Waals surface area contributed by atoms with Crippen LogP contribution in [0.1, 0.15) is 35.8 Å². The summed E-state index contributed by atoms with van der Waals surface area (Å²) < 4.78 is 8.24. The minimum absolute atomic E-state index is 0.114. The molecule has 1 atom stereocenters. The summed E-state index contributed by atoms with van der Waals surface area (Å²) in [5.41, 5.74) is 1.52. The summed E-state index contributed by atoms with van der Waals surface area (Å²) >= 11 is 3.40. The van der Waals surface area contributed by atoms with Gasteiger partial charge in [0.25, 0.3) is 5.91 Å². The largest absolute Gasteiger partial charge is 0.494 e. The molecule has 0 bridgehead atoms. The molecule has 0 aliphatic heterocycles. The molecule has 3 rings (SSSR count). The normalized spacial score (nSPS) is 12.0. The van der Waals surface area contributed by atoms with Gasteiger partial charge in [0, 0.05) is 17.7 Å². The first-order valence-electron chi connectivity index (χ1n) is 8.73. The zero-order valence-corrected chi connectivity index (χ0v) is 17.0. The molecule has 2 aromatic carbocycles. The van der Waals surface area contributed by atoms with Crippen LogP contribution in [-0.2, 0) is 7.05 Å². The van der Waals surface area contributed by atoms with Crippen LogP contribution in [0.4, 0.5) is 0 Å². The zero-order chi connectivity index (χ0) is 19.6. The number of nitrogens with zero attached hydrogens (tertiary/aromatic N) is 1. The van der Waals surface area contributed by atoms with Crippen molar-refractivity contribution in [1.82, 2.24) is 9.88 Å². The van der Waals surface area contributed by atoms with E-state index in [4.69, 9.17) is 4.74 Å². The average Bonchev–Trinajstić information content (AvgIpc) is 2.65. The average molecular weight is 429 g/mol. The third-order valence-corrected chi connectivity index (χ3v) is 4.96. The fraction of sp³-hybridized carbons (Fsp3) is 0.238. The summed E-state index contributed by atoms with van der Waals surface area (Å²) in [6.45, 7) is 4.28. The second-order valence-electron chi connectivity index (χ2n) is 6.34. The number of carbonyl (C=O) groups is 1. The lowest BCUT2D eigenvalue weighted by Gasteiger charge is -2.15. The van der Waals surface area contributed by atoms with Crippen LogP contribution in [0, 0.1) is 0 Å². The molecule has 1 aromatic heterocycles. The maximum atomic E-state index is 12.9. The Morgan fingerprint density at radius 2 is 1.93 bits per heavy atom. The van der Waals surface area contributed by atoms with Gasteiger partial charge < -0.3 is 14.6 Å². The molecule has 0 aliphatic carbocycles. The van der Waals surface area contributed by atoms with Gasteiger partial charge in [0.1, 0.15) is 11.3 Å². The summed E-state index contributed by atoms with van der Waals surface area (Å²) in [4.78, 5) is 25.7. The van der Waals surface area contributed by atoms with E-state index >= 15 is 0 Å². The van der Waals surface area contributed by atoms with Crippen LogP contribution in [0.15, 0.2) is 57.9 Å². The van der Waals surface area contributed by atoms with E-state index in [0.717, 1.165) is 15.6 Å². The number of halogens is 1. The molecule has 0 aliphatic rings. The van der Waals surface area contributed by atoms with Crippen molar-refractivity contribution in [3.63, 3.8) is 0 Å². The van der Waals surface area contributed by atoms with Crippen molar-refractivity contribution in [2.45, 2.75) is 19.9 Å². The van der Waals surface area contributed by atoms with E-state index in [1.165, 1.54) is 0 Å². The summed E-state index contributed by atoms with van der Waals surface area (Å²) in [5.74, 6) is 0.220. The lowest BCUT2D eigenvalue weighted by molar-refractivity contribution is 0.0938. The van der Waals surface area contributed by atoms with Gasteiger partial charge in [-0.1, -0.05) is 28.1 Å². The molecule has 1 heterocycles. The highest BCUT2D eigenvalue weighted by Gasteiger charge is 2.17. The maximum absolute atomic E-state index is 12.9. The van der Waals surface area contributed by atoms with Crippen molar-refractivity contribution in [1.29, 1.82) is 0 Å². The molecule has 0 saturated heterocycles. The first-order valence-corrected chi connectivity index (χ1v) is 9.52. The van der Waals surface area contributed by atoms with Crippen LogP contribution in [0.2, 0.25) is 0 Å². The first-order chi connectivity index (χ1) is 12.9. The molecule has 0 fully saturated rings. The van der Waals surface area contributed by atoms with Gasteiger partial charge in [-0.3, -0.25) is 9.59 Å². The lowest BCUT2D eigenvalue weighted by Crippen LogP contribution is -2.31. The highest BCUT2D eigenvalue weighted by molar-refractivity contribution is 9.10. The van der Waals surface area contributed by atoms with E-state index in [0.29, 0.717) is 17.7 Å². The highest BCUT2D eigenvalue weighted by Crippen LogP contribution is 2.20. The van der Waals surface area contributed by atoms with E-state index in [2.05, 4.69) is 21.2 Å². The van der Waals surface area contributed by atoms with Gasteiger partial charge in [0.05, 0.1) is 23.6 Å². The summed E-state index contributed by atoms with van der Waals surface area (Å²) in [7, 11) is 1.82. The van der Waals surface area contributed by atoms with Crippen molar-refractivity contribution < 1.29 is 9.53 Å². The maximum Gasteiger partial charge on any atom is 0.257 e. The highest BCUT2D eigenvalue weighted by atomic mass is 79.9. The minimum Gasteiger partial charge on any atom is -0.494 e. The molecule has 0 unspecified atom stereocenters. The van der Waals surface area contributed by atoms with Gasteiger partial charge in [0.2, 0.25) is 5.43 Å². The molecule has 5 nitrogen and oxygen atoms in total. The van der Waals surface area contributed by atoms with E-state index in [-0.39, 0.29) is 17.0 Å². The van der Waals surface area contributed by atoms with Crippen LogP contribution in [0.5, 0.6) is 5.75 Å². The molecule has 3 aromatic rings. The molecule has 1 N–H and O–H groups in total. The molecular weight excluding hydrogens is 408 g/mol. The van der Waals surface area contributed by atoms with Gasteiger partial charge in [-0.25, -0.2) is 0 Å². The van der Waals surface area contributed by atoms with Gasteiger partial charge >= 0.3 is 0 Å². The van der Waals surface area contributed by atoms with E-state index in [1.807, 2.05) is 57.3 Å². The SMILES string of the molecule is CCOc1ccc2c(c1)c(=O)c(C(=O)N[C@@H](C)c1ccc(Br)cc1)cn2C. The molecule has 6 heteroatoms. The van der Waals surface area contributed by atoms with Crippen molar-refractivity contribution in [3.8, 4) is 5.75 Å². The summed E-state index contributed by atoms with van der Waals surface area (Å²) in [5, 5.41) is 3.37. The minimum atomic E-state index is -0.394. The number of carbonyl (C=O) groups excluding carboxylic acids is 1.